The van der Waals surface area contributed by atoms with Crippen molar-refractivity contribution in [3.63, 3.8) is 0 Å². The van der Waals surface area contributed by atoms with Gasteiger partial charge >= 0.3 is 0 Å². The van der Waals surface area contributed by atoms with E-state index in [1.54, 1.807) is 17.1 Å². The number of hydrogen-bond donors (Lipinski definition) is 1. The Bertz CT molecular complexity index is 1050. The van der Waals surface area contributed by atoms with E-state index < -0.39 is 16.7 Å². The topological polar surface area (TPSA) is 52.7 Å². The summed E-state index contributed by atoms with van der Waals surface area (Å²) in [7, 11) is 0. The maximum atomic E-state index is 13.8. The van der Waals surface area contributed by atoms with Gasteiger partial charge in [-0.15, -0.1) is 0 Å². The summed E-state index contributed by atoms with van der Waals surface area (Å²) in [5.41, 5.74) is 3.17. The number of carbonyl (C=O) groups excluding carboxylic acids is 2. The standard InChI is InChI=1S/C23H22ClF2N3O2/c1-14-13-28(6-7-29(14)18-10-20(25)23(24)21(26)11-18)22(31)12-27-17-4-2-16-9-19(30)5-3-15(16)8-17/h2-5,8,10-11,14,27H,6-7,9,12-13H2,1H3/t14-/m1/s1. The number of nitrogens with zero attached hydrogens (tertiary/aromatic N) is 2. The summed E-state index contributed by atoms with van der Waals surface area (Å²) in [5, 5.41) is 2.63. The molecule has 0 radical (unpaired) electrons. The molecule has 1 atom stereocenters. The highest BCUT2D eigenvalue weighted by molar-refractivity contribution is 6.31. The third kappa shape index (κ3) is 4.56. The van der Waals surface area contributed by atoms with Gasteiger partial charge in [0.15, 0.2) is 5.78 Å². The van der Waals surface area contributed by atoms with E-state index in [4.69, 9.17) is 11.6 Å². The minimum Gasteiger partial charge on any atom is -0.376 e. The van der Waals surface area contributed by atoms with Gasteiger partial charge < -0.3 is 15.1 Å². The zero-order chi connectivity index (χ0) is 22.1. The second kappa shape index (κ2) is 8.67. The van der Waals surface area contributed by atoms with Crippen LogP contribution in [0.3, 0.4) is 0 Å². The summed E-state index contributed by atoms with van der Waals surface area (Å²) < 4.78 is 27.6. The minimum atomic E-state index is -0.796. The largest absolute Gasteiger partial charge is 0.376 e. The van der Waals surface area contributed by atoms with Gasteiger partial charge in [-0.3, -0.25) is 9.59 Å². The van der Waals surface area contributed by atoms with Gasteiger partial charge in [0.1, 0.15) is 16.7 Å². The van der Waals surface area contributed by atoms with Crippen molar-refractivity contribution in [2.45, 2.75) is 19.4 Å². The van der Waals surface area contributed by atoms with Crippen LogP contribution in [0, 0.1) is 11.6 Å². The maximum absolute atomic E-state index is 13.8. The second-order valence-electron chi connectivity index (χ2n) is 7.85. The van der Waals surface area contributed by atoms with E-state index in [-0.39, 0.29) is 24.3 Å². The van der Waals surface area contributed by atoms with Gasteiger partial charge in [0.2, 0.25) is 5.91 Å². The van der Waals surface area contributed by atoms with Crippen LogP contribution in [0.15, 0.2) is 36.4 Å². The van der Waals surface area contributed by atoms with Crippen LogP contribution in [-0.2, 0) is 16.0 Å². The van der Waals surface area contributed by atoms with Crippen LogP contribution < -0.4 is 10.2 Å². The molecule has 1 aliphatic carbocycles. The summed E-state index contributed by atoms with van der Waals surface area (Å²) in [6.07, 6.45) is 3.75. The molecular weight excluding hydrogens is 424 g/mol. The van der Waals surface area contributed by atoms with E-state index in [1.807, 2.05) is 30.0 Å². The Morgan fingerprint density at radius 3 is 2.61 bits per heavy atom. The van der Waals surface area contributed by atoms with Crippen molar-refractivity contribution in [1.82, 2.24) is 4.90 Å². The number of hydrogen-bond acceptors (Lipinski definition) is 4. The second-order valence-corrected chi connectivity index (χ2v) is 8.23. The van der Waals surface area contributed by atoms with E-state index in [9.17, 15) is 18.4 Å². The number of carbonyl (C=O) groups is 2. The predicted octanol–water partition coefficient (Wildman–Crippen LogP) is 3.91. The Balaban J connectivity index is 1.35. The van der Waals surface area contributed by atoms with Crippen LogP contribution >= 0.6 is 11.6 Å². The van der Waals surface area contributed by atoms with Crippen LogP contribution in [0.4, 0.5) is 20.2 Å². The minimum absolute atomic E-state index is 0.0524. The normalized spacial score (nSPS) is 18.2. The molecule has 0 unspecified atom stereocenters. The van der Waals surface area contributed by atoms with Gasteiger partial charge in [-0.05, 0) is 48.4 Å². The van der Waals surface area contributed by atoms with E-state index >= 15 is 0 Å². The highest BCUT2D eigenvalue weighted by atomic mass is 35.5. The number of amides is 1. The van der Waals surface area contributed by atoms with Crippen molar-refractivity contribution < 1.29 is 18.4 Å². The van der Waals surface area contributed by atoms with Gasteiger partial charge in [0, 0.05) is 43.5 Å². The van der Waals surface area contributed by atoms with Gasteiger partial charge in [0.25, 0.3) is 0 Å². The van der Waals surface area contributed by atoms with Crippen LogP contribution in [0.1, 0.15) is 18.1 Å². The van der Waals surface area contributed by atoms with Crippen molar-refractivity contribution in [2.75, 3.05) is 36.4 Å². The highest BCUT2D eigenvalue weighted by Crippen LogP contribution is 2.28. The average molecular weight is 446 g/mol. The van der Waals surface area contributed by atoms with Crippen molar-refractivity contribution >= 4 is 40.7 Å². The molecular formula is C23H22ClF2N3O2. The van der Waals surface area contributed by atoms with E-state index in [1.165, 1.54) is 12.1 Å². The molecule has 2 aliphatic rings. The molecule has 4 rings (SSSR count). The number of rotatable bonds is 4. The average Bonchev–Trinajstić information content (AvgIpc) is 2.75. The Hall–Kier alpha value is -2.93. The third-order valence-corrected chi connectivity index (χ3v) is 6.04. The number of fused-ring (bicyclic) bond motifs is 1. The lowest BCUT2D eigenvalue weighted by molar-refractivity contribution is -0.130. The molecule has 2 aromatic carbocycles. The Morgan fingerprint density at radius 1 is 1.16 bits per heavy atom. The molecule has 8 heteroatoms. The first-order valence-corrected chi connectivity index (χ1v) is 10.5. The van der Waals surface area contributed by atoms with E-state index in [0.29, 0.717) is 31.7 Å². The number of anilines is 2. The number of nitrogens with one attached hydrogen (secondary N) is 1. The summed E-state index contributed by atoms with van der Waals surface area (Å²) in [6, 6.07) is 8.02. The molecule has 5 nitrogen and oxygen atoms in total. The molecule has 0 saturated carbocycles. The molecule has 0 aromatic heterocycles. The first kappa shape index (κ1) is 21.3. The fourth-order valence-corrected chi connectivity index (χ4v) is 4.12. The van der Waals surface area contributed by atoms with Crippen LogP contribution in [0.25, 0.3) is 6.08 Å². The summed E-state index contributed by atoms with van der Waals surface area (Å²) in [6.45, 7) is 3.41. The fourth-order valence-electron chi connectivity index (χ4n) is 4.02. The molecule has 1 amide bonds. The molecule has 1 heterocycles. The van der Waals surface area contributed by atoms with Crippen LogP contribution in [0.5, 0.6) is 0 Å². The van der Waals surface area contributed by atoms with Gasteiger partial charge in [0.05, 0.1) is 6.54 Å². The maximum Gasteiger partial charge on any atom is 0.242 e. The molecule has 1 saturated heterocycles. The number of piperazine rings is 1. The van der Waals surface area contributed by atoms with Crippen molar-refractivity contribution in [2.24, 2.45) is 0 Å². The van der Waals surface area contributed by atoms with Crippen molar-refractivity contribution in [3.05, 3.63) is 64.2 Å². The van der Waals surface area contributed by atoms with Gasteiger partial charge in [-0.25, -0.2) is 8.78 Å². The Morgan fingerprint density at radius 2 is 1.90 bits per heavy atom. The smallest absolute Gasteiger partial charge is 0.242 e. The Kier molecular flexibility index (Phi) is 5.96. The zero-order valence-corrected chi connectivity index (χ0v) is 17.8. The number of ketones is 1. The number of benzene rings is 2. The van der Waals surface area contributed by atoms with Gasteiger partial charge in [-0.1, -0.05) is 23.7 Å². The quantitative estimate of drug-likeness (QED) is 0.725. The molecule has 1 N–H and O–H groups in total. The lowest BCUT2D eigenvalue weighted by atomic mass is 9.96. The van der Waals surface area contributed by atoms with Crippen molar-refractivity contribution in [1.29, 1.82) is 0 Å². The molecule has 0 bridgehead atoms. The first-order valence-electron chi connectivity index (χ1n) is 10.1. The summed E-state index contributed by atoms with van der Waals surface area (Å²) in [5.74, 6) is -1.56. The summed E-state index contributed by atoms with van der Waals surface area (Å²) in [4.78, 5) is 27.8. The number of halogens is 3. The third-order valence-electron chi connectivity index (χ3n) is 5.68. The molecule has 2 aromatic rings. The lowest BCUT2D eigenvalue weighted by Gasteiger charge is -2.41. The fraction of sp³-hybridized carbons (Fsp3) is 0.304. The molecule has 31 heavy (non-hydrogen) atoms. The SMILES string of the molecule is C[C@@H]1CN(C(=O)CNc2ccc3c(c2)C=CC(=O)C3)CCN1c1cc(F)c(Cl)c(F)c1. The highest BCUT2D eigenvalue weighted by Gasteiger charge is 2.28. The Labute approximate surface area is 184 Å². The predicted molar refractivity (Wildman–Crippen MR) is 117 cm³/mol. The monoisotopic (exact) mass is 445 g/mol. The van der Waals surface area contributed by atoms with E-state index in [0.717, 1.165) is 16.8 Å². The molecule has 1 aliphatic heterocycles. The summed E-state index contributed by atoms with van der Waals surface area (Å²) >= 11 is 5.57. The molecule has 0 spiro atoms. The van der Waals surface area contributed by atoms with Crippen molar-refractivity contribution in [3.8, 4) is 0 Å². The molecule has 1 fully saturated rings. The lowest BCUT2D eigenvalue weighted by Crippen LogP contribution is -2.54. The zero-order valence-electron chi connectivity index (χ0n) is 17.0. The van der Waals surface area contributed by atoms with Crippen LogP contribution in [0.2, 0.25) is 5.02 Å². The van der Waals surface area contributed by atoms with Gasteiger partial charge in [-0.2, -0.15) is 0 Å². The molecule has 162 valence electrons. The first-order chi connectivity index (χ1) is 14.8. The van der Waals surface area contributed by atoms with E-state index in [2.05, 4.69) is 5.32 Å². The van der Waals surface area contributed by atoms with Crippen LogP contribution in [-0.4, -0.2) is 48.8 Å². The number of allylic oxidation sites excluding steroid dienone is 1.